The highest BCUT2D eigenvalue weighted by molar-refractivity contribution is 6.01. The molecule has 6 nitrogen and oxygen atoms in total. The Morgan fingerprint density at radius 2 is 2.19 bits per heavy atom. The first-order valence-electron chi connectivity index (χ1n) is 7.09. The summed E-state index contributed by atoms with van der Waals surface area (Å²) in [5, 5.41) is 17.9. The molecule has 2 aromatic rings. The van der Waals surface area contributed by atoms with Crippen LogP contribution in [0.5, 0.6) is 0 Å². The first kappa shape index (κ1) is 15.5. The predicted octanol–water partition coefficient (Wildman–Crippen LogP) is 1.70. The standard InChI is InChI=1S/C15H20N2O4/c1-2-13-16-14-11(15(19)20)5-3-6-12(14)17(13)7-4-9-21-10-8-18/h3,5-6,18H,2,4,7-10H2,1H3,(H,19,20). The highest BCUT2D eigenvalue weighted by atomic mass is 16.5. The normalized spacial score (nSPS) is 11.1. The maximum absolute atomic E-state index is 11.3. The molecule has 0 unspecified atom stereocenters. The fourth-order valence-corrected chi connectivity index (χ4v) is 2.38. The largest absolute Gasteiger partial charge is 0.478 e. The molecule has 0 bridgehead atoms. The lowest BCUT2D eigenvalue weighted by molar-refractivity contribution is 0.0699. The van der Waals surface area contributed by atoms with Gasteiger partial charge in [0, 0.05) is 19.6 Å². The van der Waals surface area contributed by atoms with Crippen LogP contribution in [0.15, 0.2) is 18.2 Å². The summed E-state index contributed by atoms with van der Waals surface area (Å²) in [5.41, 5.74) is 1.62. The number of aromatic nitrogens is 2. The van der Waals surface area contributed by atoms with Crippen LogP contribution in [0.4, 0.5) is 0 Å². The van der Waals surface area contributed by atoms with Gasteiger partial charge in [-0.1, -0.05) is 13.0 Å². The van der Waals surface area contributed by atoms with Crippen LogP contribution < -0.4 is 0 Å². The van der Waals surface area contributed by atoms with E-state index in [1.54, 1.807) is 12.1 Å². The number of hydrogen-bond acceptors (Lipinski definition) is 4. The Kier molecular flexibility index (Phi) is 5.30. The molecule has 0 saturated heterocycles. The zero-order valence-electron chi connectivity index (χ0n) is 12.1. The van der Waals surface area contributed by atoms with Crippen LogP contribution >= 0.6 is 0 Å². The zero-order chi connectivity index (χ0) is 15.2. The van der Waals surface area contributed by atoms with Gasteiger partial charge >= 0.3 is 5.97 Å². The molecular weight excluding hydrogens is 272 g/mol. The van der Waals surface area contributed by atoms with E-state index in [2.05, 4.69) is 4.98 Å². The van der Waals surface area contributed by atoms with Gasteiger partial charge in [0.1, 0.15) is 11.3 Å². The number of fused-ring (bicyclic) bond motifs is 1. The molecular formula is C15H20N2O4. The molecule has 0 aliphatic rings. The van der Waals surface area contributed by atoms with E-state index in [4.69, 9.17) is 9.84 Å². The highest BCUT2D eigenvalue weighted by Crippen LogP contribution is 2.21. The Hall–Kier alpha value is -1.92. The van der Waals surface area contributed by atoms with Crippen molar-refractivity contribution in [3.63, 3.8) is 0 Å². The average molecular weight is 292 g/mol. The Labute approximate surface area is 123 Å². The summed E-state index contributed by atoms with van der Waals surface area (Å²) in [6.45, 7) is 3.64. The van der Waals surface area contributed by atoms with Gasteiger partial charge in [0.25, 0.3) is 0 Å². The fraction of sp³-hybridized carbons (Fsp3) is 0.467. The van der Waals surface area contributed by atoms with Crippen molar-refractivity contribution in [2.45, 2.75) is 26.3 Å². The number of carbonyl (C=O) groups is 1. The van der Waals surface area contributed by atoms with E-state index in [9.17, 15) is 9.90 Å². The lowest BCUT2D eigenvalue weighted by atomic mass is 10.2. The number of hydrogen-bond donors (Lipinski definition) is 2. The van der Waals surface area contributed by atoms with E-state index in [1.807, 2.05) is 17.6 Å². The molecule has 1 aromatic carbocycles. The van der Waals surface area contributed by atoms with Crippen molar-refractivity contribution in [3.05, 3.63) is 29.6 Å². The molecule has 2 N–H and O–H groups in total. The van der Waals surface area contributed by atoms with Crippen LogP contribution in [-0.2, 0) is 17.7 Å². The summed E-state index contributed by atoms with van der Waals surface area (Å²) >= 11 is 0. The number of para-hydroxylation sites is 1. The molecule has 0 atom stereocenters. The molecule has 21 heavy (non-hydrogen) atoms. The number of benzene rings is 1. The molecule has 2 rings (SSSR count). The number of carboxylic acids is 1. The number of carboxylic acid groups (broad SMARTS) is 1. The molecule has 1 heterocycles. The minimum Gasteiger partial charge on any atom is -0.478 e. The molecule has 0 aliphatic heterocycles. The molecule has 1 aromatic heterocycles. The monoisotopic (exact) mass is 292 g/mol. The average Bonchev–Trinajstić information content (AvgIpc) is 2.84. The number of aryl methyl sites for hydroxylation is 2. The lowest BCUT2D eigenvalue weighted by Crippen LogP contribution is -2.07. The molecule has 0 saturated carbocycles. The van der Waals surface area contributed by atoms with Crippen LogP contribution in [0.1, 0.15) is 29.5 Å². The van der Waals surface area contributed by atoms with Crippen LogP contribution in [0.2, 0.25) is 0 Å². The van der Waals surface area contributed by atoms with Gasteiger partial charge in [-0.25, -0.2) is 9.78 Å². The first-order valence-corrected chi connectivity index (χ1v) is 7.09. The van der Waals surface area contributed by atoms with Crippen molar-refractivity contribution in [2.24, 2.45) is 0 Å². The maximum Gasteiger partial charge on any atom is 0.337 e. The smallest absolute Gasteiger partial charge is 0.337 e. The van der Waals surface area contributed by atoms with Crippen molar-refractivity contribution in [1.82, 2.24) is 9.55 Å². The Morgan fingerprint density at radius 3 is 2.86 bits per heavy atom. The van der Waals surface area contributed by atoms with E-state index in [1.165, 1.54) is 0 Å². The molecule has 0 amide bonds. The Morgan fingerprint density at radius 1 is 1.38 bits per heavy atom. The van der Waals surface area contributed by atoms with Gasteiger partial charge < -0.3 is 19.5 Å². The number of ether oxygens (including phenoxy) is 1. The van der Waals surface area contributed by atoms with E-state index < -0.39 is 5.97 Å². The van der Waals surface area contributed by atoms with E-state index >= 15 is 0 Å². The van der Waals surface area contributed by atoms with Gasteiger partial charge in [-0.2, -0.15) is 0 Å². The van der Waals surface area contributed by atoms with Gasteiger partial charge in [0.2, 0.25) is 0 Å². The fourth-order valence-electron chi connectivity index (χ4n) is 2.38. The molecule has 0 fully saturated rings. The number of aliphatic hydroxyl groups is 1. The summed E-state index contributed by atoms with van der Waals surface area (Å²) in [7, 11) is 0. The van der Waals surface area contributed by atoms with Gasteiger partial charge in [-0.15, -0.1) is 0 Å². The van der Waals surface area contributed by atoms with Gasteiger partial charge in [0.15, 0.2) is 0 Å². The second kappa shape index (κ2) is 7.19. The maximum atomic E-state index is 11.3. The van der Waals surface area contributed by atoms with Crippen molar-refractivity contribution in [1.29, 1.82) is 0 Å². The Balaban J connectivity index is 2.25. The second-order valence-electron chi connectivity index (χ2n) is 4.70. The number of aromatic carboxylic acids is 1. The summed E-state index contributed by atoms with van der Waals surface area (Å²) in [6, 6.07) is 5.21. The lowest BCUT2D eigenvalue weighted by Gasteiger charge is -2.08. The highest BCUT2D eigenvalue weighted by Gasteiger charge is 2.15. The van der Waals surface area contributed by atoms with Crippen molar-refractivity contribution < 1.29 is 19.7 Å². The Bertz CT molecular complexity index is 621. The third-order valence-corrected chi connectivity index (χ3v) is 3.31. The SMILES string of the molecule is CCc1nc2c(C(=O)O)cccc2n1CCCOCCO. The first-order chi connectivity index (χ1) is 10.2. The van der Waals surface area contributed by atoms with Crippen LogP contribution in [-0.4, -0.2) is 45.6 Å². The number of imidazole rings is 1. The minimum atomic E-state index is -0.959. The van der Waals surface area contributed by atoms with Crippen LogP contribution in [0.3, 0.4) is 0 Å². The quantitative estimate of drug-likeness (QED) is 0.723. The van der Waals surface area contributed by atoms with Gasteiger partial charge in [0.05, 0.1) is 24.3 Å². The topological polar surface area (TPSA) is 84.6 Å². The number of nitrogens with zero attached hydrogens (tertiary/aromatic N) is 2. The predicted molar refractivity (Wildman–Crippen MR) is 78.6 cm³/mol. The molecule has 0 aliphatic carbocycles. The third kappa shape index (κ3) is 3.40. The van der Waals surface area contributed by atoms with E-state index in [0.29, 0.717) is 25.3 Å². The molecule has 114 valence electrons. The van der Waals surface area contributed by atoms with E-state index in [-0.39, 0.29) is 12.2 Å². The molecule has 6 heteroatoms. The van der Waals surface area contributed by atoms with E-state index in [0.717, 1.165) is 24.2 Å². The van der Waals surface area contributed by atoms with Crippen LogP contribution in [0.25, 0.3) is 11.0 Å². The number of rotatable bonds is 8. The number of aliphatic hydroxyl groups excluding tert-OH is 1. The van der Waals surface area contributed by atoms with Crippen LogP contribution in [0, 0.1) is 0 Å². The van der Waals surface area contributed by atoms with Crippen molar-refractivity contribution in [3.8, 4) is 0 Å². The third-order valence-electron chi connectivity index (χ3n) is 3.31. The van der Waals surface area contributed by atoms with Gasteiger partial charge in [-0.05, 0) is 18.6 Å². The van der Waals surface area contributed by atoms with Crippen molar-refractivity contribution in [2.75, 3.05) is 19.8 Å². The molecule has 0 spiro atoms. The van der Waals surface area contributed by atoms with Gasteiger partial charge in [-0.3, -0.25) is 0 Å². The second-order valence-corrected chi connectivity index (χ2v) is 4.70. The zero-order valence-corrected chi connectivity index (χ0v) is 12.1. The minimum absolute atomic E-state index is 0.0240. The summed E-state index contributed by atoms with van der Waals surface area (Å²) in [6.07, 6.45) is 1.53. The summed E-state index contributed by atoms with van der Waals surface area (Å²) < 4.78 is 7.30. The summed E-state index contributed by atoms with van der Waals surface area (Å²) in [4.78, 5) is 15.7. The van der Waals surface area contributed by atoms with Crippen molar-refractivity contribution >= 4 is 17.0 Å². The summed E-state index contributed by atoms with van der Waals surface area (Å²) in [5.74, 6) is -0.0833. The molecule has 0 radical (unpaired) electrons.